The summed E-state index contributed by atoms with van der Waals surface area (Å²) in [5, 5.41) is 6.08. The molecule has 4 heteroatoms. The molecule has 0 aliphatic rings. The van der Waals surface area contributed by atoms with Crippen molar-refractivity contribution in [2.24, 2.45) is 0 Å². The van der Waals surface area contributed by atoms with Gasteiger partial charge in [-0.25, -0.2) is 0 Å². The molecule has 26 heavy (non-hydrogen) atoms. The number of fused-ring (bicyclic) bond motifs is 1. The van der Waals surface area contributed by atoms with Crippen LogP contribution in [0.5, 0.6) is 0 Å². The van der Waals surface area contributed by atoms with Crippen LogP contribution in [-0.4, -0.2) is 10.9 Å². The highest BCUT2D eigenvalue weighted by atomic mass is 32.1. The molecule has 0 radical (unpaired) electrons. The van der Waals surface area contributed by atoms with E-state index in [-0.39, 0.29) is 5.91 Å². The molecule has 0 spiro atoms. The molecule has 1 amide bonds. The number of benzene rings is 2. The van der Waals surface area contributed by atoms with E-state index in [1.54, 1.807) is 11.3 Å². The van der Waals surface area contributed by atoms with Gasteiger partial charge in [0, 0.05) is 21.5 Å². The molecule has 0 atom stereocenters. The summed E-state index contributed by atoms with van der Waals surface area (Å²) >= 11 is 1.66. The molecule has 1 N–H and O–H groups in total. The summed E-state index contributed by atoms with van der Waals surface area (Å²) in [6.07, 6.45) is 0. The number of aromatic nitrogens is 1. The predicted octanol–water partition coefficient (Wildman–Crippen LogP) is 5.83. The third-order valence-electron chi connectivity index (χ3n) is 4.37. The SMILES string of the molecule is Cc1ccc2nc(C)c(C(=O)Nc3ccccc3-c3cccs3)cc2c1. The van der Waals surface area contributed by atoms with E-state index < -0.39 is 0 Å². The smallest absolute Gasteiger partial charge is 0.257 e. The number of carbonyl (C=O) groups excluding carboxylic acids is 1. The van der Waals surface area contributed by atoms with Gasteiger partial charge in [0.05, 0.1) is 16.8 Å². The van der Waals surface area contributed by atoms with E-state index in [9.17, 15) is 4.79 Å². The molecule has 128 valence electrons. The van der Waals surface area contributed by atoms with E-state index in [1.165, 1.54) is 0 Å². The molecule has 0 saturated heterocycles. The fourth-order valence-corrected chi connectivity index (χ4v) is 3.82. The lowest BCUT2D eigenvalue weighted by Gasteiger charge is -2.12. The Morgan fingerprint density at radius 2 is 1.85 bits per heavy atom. The van der Waals surface area contributed by atoms with Gasteiger partial charge in [-0.15, -0.1) is 11.3 Å². The minimum atomic E-state index is -0.137. The largest absolute Gasteiger partial charge is 0.321 e. The number of amides is 1. The number of carbonyl (C=O) groups is 1. The van der Waals surface area contributed by atoms with Gasteiger partial charge in [-0.1, -0.05) is 35.9 Å². The van der Waals surface area contributed by atoms with Crippen LogP contribution in [0.15, 0.2) is 66.0 Å². The van der Waals surface area contributed by atoms with Gasteiger partial charge in [0.25, 0.3) is 5.91 Å². The average Bonchev–Trinajstić information content (AvgIpc) is 3.16. The van der Waals surface area contributed by atoms with Gasteiger partial charge in [-0.3, -0.25) is 9.78 Å². The van der Waals surface area contributed by atoms with Crippen LogP contribution in [0.1, 0.15) is 21.6 Å². The number of rotatable bonds is 3. The molecule has 0 unspecified atom stereocenters. The fourth-order valence-electron chi connectivity index (χ4n) is 3.05. The summed E-state index contributed by atoms with van der Waals surface area (Å²) in [5.41, 5.74) is 5.22. The van der Waals surface area contributed by atoms with Crippen molar-refractivity contribution in [3.05, 3.63) is 82.9 Å². The predicted molar refractivity (Wildman–Crippen MR) is 109 cm³/mol. The molecule has 0 aliphatic carbocycles. The van der Waals surface area contributed by atoms with Crippen molar-refractivity contribution in [3.8, 4) is 10.4 Å². The molecule has 2 heterocycles. The zero-order chi connectivity index (χ0) is 18.1. The average molecular weight is 358 g/mol. The number of nitrogens with one attached hydrogen (secondary N) is 1. The van der Waals surface area contributed by atoms with Crippen LogP contribution in [0, 0.1) is 13.8 Å². The van der Waals surface area contributed by atoms with Gasteiger partial charge in [0.1, 0.15) is 0 Å². The first kappa shape index (κ1) is 16.5. The van der Waals surface area contributed by atoms with Gasteiger partial charge in [0.15, 0.2) is 0 Å². The van der Waals surface area contributed by atoms with Gasteiger partial charge >= 0.3 is 0 Å². The molecule has 4 rings (SSSR count). The summed E-state index contributed by atoms with van der Waals surface area (Å²) in [5.74, 6) is -0.137. The van der Waals surface area contributed by atoms with Gasteiger partial charge in [-0.2, -0.15) is 0 Å². The van der Waals surface area contributed by atoms with Crippen molar-refractivity contribution in [2.75, 3.05) is 5.32 Å². The Morgan fingerprint density at radius 1 is 1.00 bits per heavy atom. The first-order valence-corrected chi connectivity index (χ1v) is 9.32. The lowest BCUT2D eigenvalue weighted by atomic mass is 10.1. The van der Waals surface area contributed by atoms with E-state index >= 15 is 0 Å². The Morgan fingerprint density at radius 3 is 2.65 bits per heavy atom. The summed E-state index contributed by atoms with van der Waals surface area (Å²) < 4.78 is 0. The Bertz CT molecular complexity index is 1100. The van der Waals surface area contributed by atoms with Crippen molar-refractivity contribution < 1.29 is 4.79 Å². The van der Waals surface area contributed by atoms with E-state index in [0.717, 1.165) is 38.3 Å². The van der Waals surface area contributed by atoms with Crippen molar-refractivity contribution in [1.82, 2.24) is 4.98 Å². The maximum absolute atomic E-state index is 12.9. The Hall–Kier alpha value is -2.98. The molecular formula is C22H18N2OS. The zero-order valence-electron chi connectivity index (χ0n) is 14.6. The quantitative estimate of drug-likeness (QED) is 0.500. The van der Waals surface area contributed by atoms with Crippen LogP contribution in [0.2, 0.25) is 0 Å². The van der Waals surface area contributed by atoms with Crippen LogP contribution in [-0.2, 0) is 0 Å². The Kier molecular flexibility index (Phi) is 4.27. The highest BCUT2D eigenvalue weighted by molar-refractivity contribution is 7.13. The third kappa shape index (κ3) is 3.11. The number of para-hydroxylation sites is 1. The Balaban J connectivity index is 1.72. The number of hydrogen-bond donors (Lipinski definition) is 1. The molecule has 0 fully saturated rings. The molecule has 0 aliphatic heterocycles. The number of pyridine rings is 1. The first-order valence-electron chi connectivity index (χ1n) is 8.44. The maximum Gasteiger partial charge on any atom is 0.257 e. The Labute approximate surface area is 156 Å². The highest BCUT2D eigenvalue weighted by Crippen LogP contribution is 2.31. The third-order valence-corrected chi connectivity index (χ3v) is 5.27. The summed E-state index contributed by atoms with van der Waals surface area (Å²) in [6, 6.07) is 19.9. The second-order valence-electron chi connectivity index (χ2n) is 6.29. The number of aryl methyl sites for hydroxylation is 2. The van der Waals surface area contributed by atoms with Gasteiger partial charge < -0.3 is 5.32 Å². The van der Waals surface area contributed by atoms with Crippen LogP contribution >= 0.6 is 11.3 Å². The first-order chi connectivity index (χ1) is 12.6. The van der Waals surface area contributed by atoms with Gasteiger partial charge in [0.2, 0.25) is 0 Å². The van der Waals surface area contributed by atoms with E-state index in [4.69, 9.17) is 0 Å². The van der Waals surface area contributed by atoms with E-state index in [2.05, 4.69) is 22.4 Å². The molecule has 2 aromatic carbocycles. The monoisotopic (exact) mass is 358 g/mol. The van der Waals surface area contributed by atoms with Gasteiger partial charge in [-0.05, 0) is 49.6 Å². The van der Waals surface area contributed by atoms with Crippen molar-refractivity contribution in [1.29, 1.82) is 0 Å². The van der Waals surface area contributed by atoms with Crippen molar-refractivity contribution in [3.63, 3.8) is 0 Å². The standard InChI is InChI=1S/C22H18N2OS/c1-14-9-10-19-16(12-14)13-18(15(2)23-19)22(25)24-20-7-4-3-6-17(20)21-8-5-11-26-21/h3-13H,1-2H3,(H,24,25). The van der Waals surface area contributed by atoms with Crippen LogP contribution in [0.4, 0.5) is 5.69 Å². The molecule has 4 aromatic rings. The van der Waals surface area contributed by atoms with Crippen molar-refractivity contribution in [2.45, 2.75) is 13.8 Å². The van der Waals surface area contributed by atoms with Crippen molar-refractivity contribution >= 4 is 33.8 Å². The second kappa shape index (κ2) is 6.73. The number of anilines is 1. The lowest BCUT2D eigenvalue weighted by Crippen LogP contribution is -2.14. The van der Waals surface area contributed by atoms with Crippen LogP contribution in [0.3, 0.4) is 0 Å². The maximum atomic E-state index is 12.9. The summed E-state index contributed by atoms with van der Waals surface area (Å²) in [6.45, 7) is 3.91. The minimum absolute atomic E-state index is 0.137. The summed E-state index contributed by atoms with van der Waals surface area (Å²) in [4.78, 5) is 18.7. The zero-order valence-corrected chi connectivity index (χ0v) is 15.4. The topological polar surface area (TPSA) is 42.0 Å². The van der Waals surface area contributed by atoms with E-state index in [0.29, 0.717) is 5.56 Å². The minimum Gasteiger partial charge on any atom is -0.321 e. The molecular weight excluding hydrogens is 340 g/mol. The fraction of sp³-hybridized carbons (Fsp3) is 0.0909. The number of thiophene rings is 1. The number of hydrogen-bond acceptors (Lipinski definition) is 3. The van der Waals surface area contributed by atoms with E-state index in [1.807, 2.05) is 67.8 Å². The van der Waals surface area contributed by atoms with Crippen LogP contribution in [0.25, 0.3) is 21.3 Å². The molecule has 2 aromatic heterocycles. The normalized spacial score (nSPS) is 10.8. The highest BCUT2D eigenvalue weighted by Gasteiger charge is 2.14. The molecule has 0 saturated carbocycles. The van der Waals surface area contributed by atoms with Crippen LogP contribution < -0.4 is 5.32 Å². The molecule has 0 bridgehead atoms. The summed E-state index contributed by atoms with van der Waals surface area (Å²) in [7, 11) is 0. The lowest BCUT2D eigenvalue weighted by molar-refractivity contribution is 0.102. The molecule has 3 nitrogen and oxygen atoms in total. The second-order valence-corrected chi connectivity index (χ2v) is 7.24. The number of nitrogens with zero attached hydrogens (tertiary/aromatic N) is 1.